The molecule has 0 amide bonds. The normalized spacial score (nSPS) is 16.8. The molecule has 0 bridgehead atoms. The standard InChI is InChI=1S/C18H28N4O2.HI/c1-15(17(23)24-3)13-20-18(19-2)22-11-9-21(10-12-22)14-16-7-5-4-6-8-16;/h4-8,15H,9-14H2,1-3H3,(H,19,20);1H. The van der Waals surface area contributed by atoms with Crippen LogP contribution in [0.4, 0.5) is 0 Å². The van der Waals surface area contributed by atoms with Gasteiger partial charge >= 0.3 is 5.97 Å². The number of ether oxygens (including phenoxy) is 1. The summed E-state index contributed by atoms with van der Waals surface area (Å²) < 4.78 is 4.75. The second-order valence-corrected chi connectivity index (χ2v) is 6.10. The predicted octanol–water partition coefficient (Wildman–Crippen LogP) is 1.81. The molecule has 0 saturated carbocycles. The van der Waals surface area contributed by atoms with Gasteiger partial charge in [0, 0.05) is 46.3 Å². The second-order valence-electron chi connectivity index (χ2n) is 6.10. The fourth-order valence-corrected chi connectivity index (χ4v) is 2.82. The van der Waals surface area contributed by atoms with Crippen LogP contribution < -0.4 is 5.32 Å². The van der Waals surface area contributed by atoms with Gasteiger partial charge in [0.2, 0.25) is 0 Å². The highest BCUT2D eigenvalue weighted by Crippen LogP contribution is 2.08. The first kappa shape index (κ1) is 21.7. The van der Waals surface area contributed by atoms with Crippen molar-refractivity contribution >= 4 is 35.9 Å². The molecule has 1 N–H and O–H groups in total. The van der Waals surface area contributed by atoms with E-state index in [9.17, 15) is 4.79 Å². The van der Waals surface area contributed by atoms with Crippen LogP contribution >= 0.6 is 24.0 Å². The van der Waals surface area contributed by atoms with Crippen molar-refractivity contribution in [3.05, 3.63) is 35.9 Å². The molecule has 1 aromatic carbocycles. The molecule has 1 fully saturated rings. The van der Waals surface area contributed by atoms with Gasteiger partial charge in [0.15, 0.2) is 5.96 Å². The average molecular weight is 460 g/mol. The van der Waals surface area contributed by atoms with Crippen molar-refractivity contribution in [3.63, 3.8) is 0 Å². The fraction of sp³-hybridized carbons (Fsp3) is 0.556. The molecule has 2 rings (SSSR count). The van der Waals surface area contributed by atoms with Gasteiger partial charge in [0.25, 0.3) is 0 Å². The minimum absolute atomic E-state index is 0. The van der Waals surface area contributed by atoms with E-state index in [1.165, 1.54) is 12.7 Å². The second kappa shape index (κ2) is 11.3. The Morgan fingerprint density at radius 1 is 1.24 bits per heavy atom. The summed E-state index contributed by atoms with van der Waals surface area (Å²) in [7, 11) is 3.20. The van der Waals surface area contributed by atoms with Crippen molar-refractivity contribution in [2.75, 3.05) is 46.9 Å². The topological polar surface area (TPSA) is 57.2 Å². The minimum atomic E-state index is -0.203. The number of hydrogen-bond donors (Lipinski definition) is 1. The monoisotopic (exact) mass is 460 g/mol. The predicted molar refractivity (Wildman–Crippen MR) is 111 cm³/mol. The van der Waals surface area contributed by atoms with E-state index in [1.54, 1.807) is 7.05 Å². The molecule has 1 unspecified atom stereocenters. The van der Waals surface area contributed by atoms with Gasteiger partial charge in [-0.15, -0.1) is 24.0 Å². The van der Waals surface area contributed by atoms with E-state index in [-0.39, 0.29) is 35.9 Å². The molecule has 0 aromatic heterocycles. The SMILES string of the molecule is CN=C(NCC(C)C(=O)OC)N1CCN(Cc2ccccc2)CC1.I. The molecule has 1 atom stereocenters. The van der Waals surface area contributed by atoms with E-state index in [0.29, 0.717) is 6.54 Å². The van der Waals surface area contributed by atoms with Crippen molar-refractivity contribution in [2.45, 2.75) is 13.5 Å². The van der Waals surface area contributed by atoms with Crippen molar-refractivity contribution in [3.8, 4) is 0 Å². The van der Waals surface area contributed by atoms with Crippen molar-refractivity contribution in [1.29, 1.82) is 0 Å². The van der Waals surface area contributed by atoms with E-state index < -0.39 is 0 Å². The Hall–Kier alpha value is -1.35. The number of rotatable bonds is 5. The Bertz CT molecular complexity index is 545. The number of benzene rings is 1. The zero-order valence-electron chi connectivity index (χ0n) is 15.3. The van der Waals surface area contributed by atoms with Crippen LogP contribution in [0.2, 0.25) is 0 Å². The van der Waals surface area contributed by atoms with E-state index in [2.05, 4.69) is 44.4 Å². The maximum absolute atomic E-state index is 11.5. The Morgan fingerprint density at radius 2 is 1.88 bits per heavy atom. The maximum Gasteiger partial charge on any atom is 0.310 e. The smallest absolute Gasteiger partial charge is 0.310 e. The van der Waals surface area contributed by atoms with Gasteiger partial charge in [0.1, 0.15) is 0 Å². The molecular weight excluding hydrogens is 431 g/mol. The minimum Gasteiger partial charge on any atom is -0.469 e. The molecule has 1 aliphatic heterocycles. The highest BCUT2D eigenvalue weighted by atomic mass is 127. The molecule has 1 aliphatic rings. The lowest BCUT2D eigenvalue weighted by Gasteiger charge is -2.36. The van der Waals surface area contributed by atoms with Crippen LogP contribution in [0, 0.1) is 5.92 Å². The Labute approximate surface area is 167 Å². The summed E-state index contributed by atoms with van der Waals surface area (Å²) in [6.45, 7) is 7.23. The summed E-state index contributed by atoms with van der Waals surface area (Å²) in [6, 6.07) is 10.5. The van der Waals surface area contributed by atoms with E-state index >= 15 is 0 Å². The highest BCUT2D eigenvalue weighted by Gasteiger charge is 2.21. The number of methoxy groups -OCH3 is 1. The number of nitrogens with zero attached hydrogens (tertiary/aromatic N) is 3. The van der Waals surface area contributed by atoms with Crippen LogP contribution in [0.15, 0.2) is 35.3 Å². The number of esters is 1. The molecular formula is C18H29IN4O2. The third-order valence-corrected chi connectivity index (χ3v) is 4.30. The zero-order valence-corrected chi connectivity index (χ0v) is 17.6. The summed E-state index contributed by atoms with van der Waals surface area (Å²) in [5, 5.41) is 3.28. The van der Waals surface area contributed by atoms with E-state index in [1.807, 2.05) is 13.0 Å². The number of aliphatic imine (C=N–C) groups is 1. The maximum atomic E-state index is 11.5. The van der Waals surface area contributed by atoms with Gasteiger partial charge in [-0.2, -0.15) is 0 Å². The molecule has 140 valence electrons. The lowest BCUT2D eigenvalue weighted by molar-refractivity contribution is -0.144. The van der Waals surface area contributed by atoms with Crippen LogP contribution in [0.5, 0.6) is 0 Å². The summed E-state index contributed by atoms with van der Waals surface area (Å²) in [5.74, 6) is 0.460. The van der Waals surface area contributed by atoms with Crippen LogP contribution in [-0.4, -0.2) is 68.6 Å². The molecule has 1 aromatic rings. The zero-order chi connectivity index (χ0) is 17.4. The van der Waals surface area contributed by atoms with Gasteiger partial charge < -0.3 is 15.0 Å². The van der Waals surface area contributed by atoms with E-state index in [4.69, 9.17) is 4.74 Å². The molecule has 0 spiro atoms. The first-order valence-corrected chi connectivity index (χ1v) is 8.43. The summed E-state index contributed by atoms with van der Waals surface area (Å²) in [6.07, 6.45) is 0. The van der Waals surface area contributed by atoms with Gasteiger partial charge in [-0.3, -0.25) is 14.7 Å². The highest BCUT2D eigenvalue weighted by molar-refractivity contribution is 14.0. The first-order valence-electron chi connectivity index (χ1n) is 8.43. The third kappa shape index (κ3) is 6.81. The summed E-state index contributed by atoms with van der Waals surface area (Å²) in [5.41, 5.74) is 1.35. The fourth-order valence-electron chi connectivity index (χ4n) is 2.82. The van der Waals surface area contributed by atoms with Crippen LogP contribution in [0.1, 0.15) is 12.5 Å². The summed E-state index contributed by atoms with van der Waals surface area (Å²) >= 11 is 0. The number of carbonyl (C=O) groups is 1. The molecule has 0 aliphatic carbocycles. The molecule has 0 radical (unpaired) electrons. The lowest BCUT2D eigenvalue weighted by atomic mass is 10.2. The quantitative estimate of drug-likeness (QED) is 0.315. The van der Waals surface area contributed by atoms with Crippen molar-refractivity contribution in [1.82, 2.24) is 15.1 Å². The number of nitrogens with one attached hydrogen (secondary N) is 1. The molecule has 25 heavy (non-hydrogen) atoms. The Balaban J connectivity index is 0.00000312. The molecule has 1 heterocycles. The Morgan fingerprint density at radius 3 is 2.44 bits per heavy atom. The third-order valence-electron chi connectivity index (χ3n) is 4.30. The molecule has 6 nitrogen and oxygen atoms in total. The van der Waals surface area contributed by atoms with Crippen LogP contribution in [0.25, 0.3) is 0 Å². The number of hydrogen-bond acceptors (Lipinski definition) is 4. The number of guanidine groups is 1. The average Bonchev–Trinajstić information content (AvgIpc) is 2.63. The molecule has 1 saturated heterocycles. The van der Waals surface area contributed by atoms with Gasteiger partial charge in [0.05, 0.1) is 13.0 Å². The first-order chi connectivity index (χ1) is 11.6. The number of piperazine rings is 1. The van der Waals surface area contributed by atoms with Crippen LogP contribution in [0.3, 0.4) is 0 Å². The van der Waals surface area contributed by atoms with Crippen LogP contribution in [-0.2, 0) is 16.1 Å². The lowest BCUT2D eigenvalue weighted by Crippen LogP contribution is -2.52. The Kier molecular flexibility index (Phi) is 9.81. The van der Waals surface area contributed by atoms with Gasteiger partial charge in [-0.1, -0.05) is 37.3 Å². The van der Waals surface area contributed by atoms with Crippen molar-refractivity contribution in [2.24, 2.45) is 10.9 Å². The van der Waals surface area contributed by atoms with Gasteiger partial charge in [-0.25, -0.2) is 0 Å². The number of carbonyl (C=O) groups excluding carboxylic acids is 1. The van der Waals surface area contributed by atoms with E-state index in [0.717, 1.165) is 38.7 Å². The largest absolute Gasteiger partial charge is 0.469 e. The summed E-state index contributed by atoms with van der Waals surface area (Å²) in [4.78, 5) is 20.5. The number of halogens is 1. The molecule has 7 heteroatoms. The van der Waals surface area contributed by atoms with Gasteiger partial charge in [-0.05, 0) is 5.56 Å². The van der Waals surface area contributed by atoms with Crippen molar-refractivity contribution < 1.29 is 9.53 Å².